The van der Waals surface area contributed by atoms with E-state index >= 15 is 0 Å². The van der Waals surface area contributed by atoms with Crippen LogP contribution >= 0.6 is 0 Å². The van der Waals surface area contributed by atoms with Crippen molar-refractivity contribution < 1.29 is 19.2 Å². The molecule has 6 nitrogen and oxygen atoms in total. The third kappa shape index (κ3) is 4.27. The number of rotatable bonds is 5. The summed E-state index contributed by atoms with van der Waals surface area (Å²) in [5, 5.41) is 9.65. The molecule has 0 aliphatic carbocycles. The van der Waals surface area contributed by atoms with Crippen LogP contribution in [0.25, 0.3) is 11.8 Å². The highest BCUT2D eigenvalue weighted by Gasteiger charge is 2.19. The molecule has 0 radical (unpaired) electrons. The van der Waals surface area contributed by atoms with Gasteiger partial charge in [0.05, 0.1) is 12.2 Å². The number of benzene rings is 2. The zero-order valence-corrected chi connectivity index (χ0v) is 13.8. The molecule has 0 saturated carbocycles. The molecule has 1 unspecified atom stereocenters. The fraction of sp³-hybridized carbons (Fsp3) is 0.105. The highest BCUT2D eigenvalue weighted by atomic mass is 19.1. The summed E-state index contributed by atoms with van der Waals surface area (Å²) in [7, 11) is 0. The maximum absolute atomic E-state index is 13.0. The van der Waals surface area contributed by atoms with Crippen LogP contribution < -0.4 is 11.2 Å². The number of carbonyl (C=O) groups excluding carboxylic acids is 1. The van der Waals surface area contributed by atoms with E-state index in [0.717, 1.165) is 22.4 Å². The maximum atomic E-state index is 13.0. The summed E-state index contributed by atoms with van der Waals surface area (Å²) in [6, 6.07) is 12.9. The lowest BCUT2D eigenvalue weighted by Gasteiger charge is -2.08. The second-order valence-electron chi connectivity index (χ2n) is 5.72. The molecule has 0 aromatic heterocycles. The average Bonchev–Trinajstić information content (AvgIpc) is 3.12. The van der Waals surface area contributed by atoms with Crippen LogP contribution in [0.5, 0.6) is 0 Å². The van der Waals surface area contributed by atoms with Crippen molar-refractivity contribution in [2.75, 3.05) is 6.54 Å². The van der Waals surface area contributed by atoms with Gasteiger partial charge in [-0.1, -0.05) is 42.5 Å². The number of carbonyl (C=O) groups is 1. The van der Waals surface area contributed by atoms with Crippen molar-refractivity contribution in [3.05, 3.63) is 83.2 Å². The second kappa shape index (κ2) is 7.81. The predicted octanol–water partition coefficient (Wildman–Crippen LogP) is 3.23. The van der Waals surface area contributed by atoms with E-state index in [4.69, 9.17) is 10.6 Å². The molecule has 7 heteroatoms. The minimum absolute atomic E-state index is 0.00371. The van der Waals surface area contributed by atoms with Crippen LogP contribution in [-0.4, -0.2) is 22.8 Å². The molecule has 2 aromatic carbocycles. The zero-order chi connectivity index (χ0) is 18.5. The molecular weight excluding hydrogens is 337 g/mol. The van der Waals surface area contributed by atoms with Gasteiger partial charge in [0.2, 0.25) is 0 Å². The first kappa shape index (κ1) is 17.7. The number of hydrogen-bond donors (Lipinski definition) is 3. The molecule has 4 N–H and O–H groups in total. The molecule has 0 fully saturated rings. The van der Waals surface area contributed by atoms with Gasteiger partial charge in [-0.15, -0.1) is 0 Å². The van der Waals surface area contributed by atoms with Gasteiger partial charge in [0, 0.05) is 5.56 Å². The lowest BCUT2D eigenvalue weighted by molar-refractivity contribution is -0.0286. The van der Waals surface area contributed by atoms with E-state index in [-0.39, 0.29) is 18.5 Å². The van der Waals surface area contributed by atoms with E-state index in [1.807, 2.05) is 30.3 Å². The Morgan fingerprint density at radius 3 is 2.81 bits per heavy atom. The van der Waals surface area contributed by atoms with Crippen LogP contribution in [-0.2, 0) is 4.84 Å². The van der Waals surface area contributed by atoms with Gasteiger partial charge >= 0.3 is 6.03 Å². The number of amides is 2. The number of nitrogens with zero attached hydrogens (tertiary/aromatic N) is 1. The van der Waals surface area contributed by atoms with Gasteiger partial charge in [-0.25, -0.2) is 14.2 Å². The Kier molecular flexibility index (Phi) is 5.31. The highest BCUT2D eigenvalue weighted by Crippen LogP contribution is 2.29. The summed E-state index contributed by atoms with van der Waals surface area (Å²) >= 11 is 0. The molecule has 1 aliphatic rings. The van der Waals surface area contributed by atoms with Crippen LogP contribution in [0.2, 0.25) is 0 Å². The molecule has 2 amide bonds. The van der Waals surface area contributed by atoms with E-state index in [9.17, 15) is 14.4 Å². The number of nitrogens with two attached hydrogens (primary N) is 1. The largest absolute Gasteiger partial charge is 0.350 e. The van der Waals surface area contributed by atoms with Crippen molar-refractivity contribution in [1.29, 1.82) is 0 Å². The third-order valence-electron chi connectivity index (χ3n) is 3.85. The normalized spacial score (nSPS) is 16.4. The minimum atomic E-state index is -0.910. The van der Waals surface area contributed by atoms with Gasteiger partial charge in [0.1, 0.15) is 11.9 Å². The molecule has 2 aromatic rings. The molecule has 0 spiro atoms. The van der Waals surface area contributed by atoms with Crippen LogP contribution in [0.15, 0.2) is 60.7 Å². The van der Waals surface area contributed by atoms with Crippen molar-refractivity contribution in [3.63, 3.8) is 0 Å². The fourth-order valence-electron chi connectivity index (χ4n) is 2.51. The standard InChI is InChI=1S/C19H18FN3O3/c20-16-8-6-14(7-9-16)18-12-17(22-26-18)15-5-1-3-13(11-15)4-2-10-23(25)19(21)24/h1-9,11-12,18,22,25H,10H2,(H2,21,24). The molecule has 1 heterocycles. The lowest BCUT2D eigenvalue weighted by Crippen LogP contribution is -2.32. The Hall–Kier alpha value is -3.16. The summed E-state index contributed by atoms with van der Waals surface area (Å²) in [5.41, 5.74) is 11.3. The van der Waals surface area contributed by atoms with Gasteiger partial charge in [0.25, 0.3) is 0 Å². The number of primary amides is 1. The molecule has 1 atom stereocenters. The van der Waals surface area contributed by atoms with E-state index in [0.29, 0.717) is 5.06 Å². The Labute approximate surface area is 149 Å². The summed E-state index contributed by atoms with van der Waals surface area (Å²) in [6.07, 6.45) is 5.00. The Bertz CT molecular complexity index is 849. The monoisotopic (exact) mass is 355 g/mol. The van der Waals surface area contributed by atoms with Crippen molar-refractivity contribution in [2.45, 2.75) is 6.10 Å². The smallest absolute Gasteiger partial charge is 0.338 e. The SMILES string of the molecule is NC(=O)N(O)CC=Cc1cccc(C2=CC(c3ccc(F)cc3)ON2)c1. The van der Waals surface area contributed by atoms with Crippen LogP contribution in [0.4, 0.5) is 9.18 Å². The molecule has 26 heavy (non-hydrogen) atoms. The molecular formula is C19H18FN3O3. The highest BCUT2D eigenvalue weighted by molar-refractivity contribution is 5.71. The van der Waals surface area contributed by atoms with Gasteiger partial charge in [-0.2, -0.15) is 0 Å². The summed E-state index contributed by atoms with van der Waals surface area (Å²) < 4.78 is 13.0. The first-order chi connectivity index (χ1) is 12.5. The zero-order valence-electron chi connectivity index (χ0n) is 13.8. The second-order valence-corrected chi connectivity index (χ2v) is 5.72. The number of urea groups is 1. The average molecular weight is 355 g/mol. The molecule has 134 valence electrons. The van der Waals surface area contributed by atoms with Gasteiger partial charge in [-0.05, 0) is 35.4 Å². The van der Waals surface area contributed by atoms with E-state index in [2.05, 4.69) is 5.48 Å². The Morgan fingerprint density at radius 2 is 2.08 bits per heavy atom. The van der Waals surface area contributed by atoms with Crippen molar-refractivity contribution >= 4 is 17.8 Å². The molecule has 0 saturated heterocycles. The van der Waals surface area contributed by atoms with Crippen molar-refractivity contribution in [2.24, 2.45) is 5.73 Å². The van der Waals surface area contributed by atoms with Crippen LogP contribution in [0, 0.1) is 5.82 Å². The first-order valence-electron chi connectivity index (χ1n) is 7.95. The molecule has 0 bridgehead atoms. The predicted molar refractivity (Wildman–Crippen MR) is 94.9 cm³/mol. The number of hydroxylamine groups is 3. The quantitative estimate of drug-likeness (QED) is 0.568. The number of halogens is 1. The third-order valence-corrected chi connectivity index (χ3v) is 3.85. The summed E-state index contributed by atoms with van der Waals surface area (Å²) in [6.45, 7) is -0.00371. The minimum Gasteiger partial charge on any atom is -0.350 e. The Balaban J connectivity index is 1.72. The Morgan fingerprint density at radius 1 is 1.31 bits per heavy atom. The lowest BCUT2D eigenvalue weighted by atomic mass is 10.0. The summed E-state index contributed by atoms with van der Waals surface area (Å²) in [4.78, 5) is 16.3. The number of nitrogens with one attached hydrogen (secondary N) is 1. The van der Waals surface area contributed by atoms with Crippen LogP contribution in [0.3, 0.4) is 0 Å². The van der Waals surface area contributed by atoms with Gasteiger partial charge in [-0.3, -0.25) is 15.5 Å². The topological polar surface area (TPSA) is 87.8 Å². The van der Waals surface area contributed by atoms with Gasteiger partial charge < -0.3 is 5.73 Å². The fourth-order valence-corrected chi connectivity index (χ4v) is 2.51. The number of hydrogen-bond acceptors (Lipinski definition) is 4. The van der Waals surface area contributed by atoms with Crippen molar-refractivity contribution in [3.8, 4) is 0 Å². The van der Waals surface area contributed by atoms with Crippen LogP contribution in [0.1, 0.15) is 22.8 Å². The van der Waals surface area contributed by atoms with E-state index in [1.165, 1.54) is 12.1 Å². The van der Waals surface area contributed by atoms with E-state index in [1.54, 1.807) is 24.3 Å². The maximum Gasteiger partial charge on any atom is 0.338 e. The molecule has 1 aliphatic heterocycles. The van der Waals surface area contributed by atoms with E-state index < -0.39 is 6.03 Å². The molecule has 3 rings (SSSR count). The summed E-state index contributed by atoms with van der Waals surface area (Å²) in [5.74, 6) is -0.291. The first-order valence-corrected chi connectivity index (χ1v) is 7.95. The van der Waals surface area contributed by atoms with Gasteiger partial charge in [0.15, 0.2) is 0 Å². The van der Waals surface area contributed by atoms with Crippen molar-refractivity contribution in [1.82, 2.24) is 10.5 Å².